The second-order valence-electron chi connectivity index (χ2n) is 7.05. The summed E-state index contributed by atoms with van der Waals surface area (Å²) in [6.07, 6.45) is -0.396. The number of carbonyl (C=O) groups is 1. The third-order valence-corrected chi connectivity index (χ3v) is 3.89. The van der Waals surface area contributed by atoms with E-state index >= 15 is 0 Å². The molecule has 0 aromatic heterocycles. The molecule has 136 valence electrons. The fourth-order valence-corrected chi connectivity index (χ4v) is 2.32. The number of amides is 1. The minimum absolute atomic E-state index is 0.0470. The molecule has 1 aromatic carbocycles. The lowest BCUT2D eigenvalue weighted by molar-refractivity contribution is 0.171. The van der Waals surface area contributed by atoms with Crippen molar-refractivity contribution >= 4 is 6.09 Å². The van der Waals surface area contributed by atoms with Gasteiger partial charge in [-0.05, 0) is 30.1 Å². The van der Waals surface area contributed by atoms with Gasteiger partial charge in [0, 0.05) is 26.7 Å². The third kappa shape index (κ3) is 6.04. The Morgan fingerprint density at radius 3 is 2.25 bits per heavy atom. The highest BCUT2D eigenvalue weighted by Crippen LogP contribution is 2.34. The van der Waals surface area contributed by atoms with Crippen LogP contribution in [0.15, 0.2) is 18.2 Å². The average Bonchev–Trinajstić information content (AvgIpc) is 2.50. The van der Waals surface area contributed by atoms with Crippen molar-refractivity contribution in [2.45, 2.75) is 40.0 Å². The highest BCUT2D eigenvalue weighted by atomic mass is 16.6. The lowest BCUT2D eigenvalue weighted by atomic mass is 9.86. The number of rotatable bonds is 7. The van der Waals surface area contributed by atoms with E-state index in [0.29, 0.717) is 12.4 Å². The molecule has 0 radical (unpaired) electrons. The molecule has 0 unspecified atom stereocenters. The highest BCUT2D eigenvalue weighted by molar-refractivity contribution is 5.70. The molecule has 5 nitrogen and oxygen atoms in total. The molecule has 0 saturated carbocycles. The number of likely N-dealkylation sites (N-methyl/N-ethyl adjacent to an activating group) is 1. The normalized spacial score (nSPS) is 11.5. The Morgan fingerprint density at radius 1 is 1.12 bits per heavy atom. The Kier molecular flexibility index (Phi) is 7.55. The van der Waals surface area contributed by atoms with Crippen molar-refractivity contribution in [1.29, 1.82) is 0 Å². The minimum atomic E-state index is -0.396. The molecular weight excluding hydrogens is 304 g/mol. The van der Waals surface area contributed by atoms with E-state index in [1.807, 2.05) is 18.2 Å². The van der Waals surface area contributed by atoms with Gasteiger partial charge in [0.15, 0.2) is 0 Å². The van der Waals surface area contributed by atoms with Crippen molar-refractivity contribution in [3.05, 3.63) is 23.8 Å². The molecule has 1 amide bonds. The second kappa shape index (κ2) is 8.92. The van der Waals surface area contributed by atoms with Crippen LogP contribution >= 0.6 is 0 Å². The predicted molar refractivity (Wildman–Crippen MR) is 98.1 cm³/mol. The molecule has 24 heavy (non-hydrogen) atoms. The van der Waals surface area contributed by atoms with Crippen molar-refractivity contribution in [2.24, 2.45) is 0 Å². The maximum absolute atomic E-state index is 11.7. The van der Waals surface area contributed by atoms with Crippen LogP contribution in [0.1, 0.15) is 40.2 Å². The molecule has 0 aliphatic heterocycles. The number of hydrogen-bond acceptors (Lipinski definition) is 4. The molecule has 0 aliphatic carbocycles. The van der Waals surface area contributed by atoms with Crippen LogP contribution in [0.2, 0.25) is 0 Å². The van der Waals surface area contributed by atoms with Gasteiger partial charge in [-0.25, -0.2) is 4.79 Å². The summed E-state index contributed by atoms with van der Waals surface area (Å²) in [5, 5.41) is 0. The first-order chi connectivity index (χ1) is 11.2. The monoisotopic (exact) mass is 336 g/mol. The van der Waals surface area contributed by atoms with Crippen molar-refractivity contribution in [1.82, 2.24) is 9.80 Å². The Hall–Kier alpha value is -1.75. The summed E-state index contributed by atoms with van der Waals surface area (Å²) in [7, 11) is 3.32. The van der Waals surface area contributed by atoms with Crippen molar-refractivity contribution in [2.75, 3.05) is 40.3 Å². The van der Waals surface area contributed by atoms with Crippen LogP contribution in [0.25, 0.3) is 0 Å². The molecule has 0 saturated heterocycles. The zero-order valence-electron chi connectivity index (χ0n) is 16.2. The van der Waals surface area contributed by atoms with E-state index in [1.165, 1.54) is 4.90 Å². The van der Waals surface area contributed by atoms with Crippen LogP contribution in [0, 0.1) is 0 Å². The molecule has 1 rings (SSSR count). The average molecular weight is 336 g/mol. The lowest BCUT2D eigenvalue weighted by Gasteiger charge is -2.24. The lowest BCUT2D eigenvalue weighted by Crippen LogP contribution is -2.28. The third-order valence-electron chi connectivity index (χ3n) is 3.89. The molecule has 0 fully saturated rings. The highest BCUT2D eigenvalue weighted by Gasteiger charge is 2.20. The molecule has 0 N–H and O–H groups in total. The van der Waals surface area contributed by atoms with Gasteiger partial charge in [0.1, 0.15) is 18.1 Å². The quantitative estimate of drug-likeness (QED) is 0.760. The summed E-state index contributed by atoms with van der Waals surface area (Å²) < 4.78 is 11.4. The Bertz CT molecular complexity index is 532. The zero-order chi connectivity index (χ0) is 18.3. The first kappa shape index (κ1) is 20.3. The van der Waals surface area contributed by atoms with Crippen molar-refractivity contribution in [3.8, 4) is 11.5 Å². The van der Waals surface area contributed by atoms with Gasteiger partial charge in [0.05, 0.1) is 0 Å². The predicted octanol–water partition coefficient (Wildman–Crippen LogP) is 3.77. The minimum Gasteiger partial charge on any atom is -0.492 e. The van der Waals surface area contributed by atoms with Crippen LogP contribution in [0.5, 0.6) is 11.5 Å². The number of benzene rings is 1. The van der Waals surface area contributed by atoms with Gasteiger partial charge in [-0.3, -0.25) is 0 Å². The zero-order valence-corrected chi connectivity index (χ0v) is 16.2. The van der Waals surface area contributed by atoms with Crippen LogP contribution in [-0.4, -0.2) is 56.2 Å². The fraction of sp³-hybridized carbons (Fsp3) is 0.632. The van der Waals surface area contributed by atoms with Crippen molar-refractivity contribution < 1.29 is 14.3 Å². The summed E-state index contributed by atoms with van der Waals surface area (Å²) >= 11 is 0. The summed E-state index contributed by atoms with van der Waals surface area (Å²) in [4.78, 5) is 15.5. The van der Waals surface area contributed by atoms with Gasteiger partial charge in [0.2, 0.25) is 0 Å². The Labute approximate surface area is 146 Å². The van der Waals surface area contributed by atoms with Gasteiger partial charge in [-0.2, -0.15) is 0 Å². The Balaban J connectivity index is 2.93. The smallest absolute Gasteiger partial charge is 0.414 e. The van der Waals surface area contributed by atoms with Gasteiger partial charge >= 0.3 is 6.09 Å². The van der Waals surface area contributed by atoms with Crippen LogP contribution < -0.4 is 9.47 Å². The van der Waals surface area contributed by atoms with Crippen LogP contribution in [0.4, 0.5) is 4.79 Å². The summed E-state index contributed by atoms with van der Waals surface area (Å²) in [6.45, 7) is 14.2. The standard InChI is InChI=1S/C19H32N2O3/c1-8-21(9-2)12-13-23-17-14-15(24-18(22)20(6)7)10-11-16(17)19(3,4)5/h10-11,14H,8-9,12-13H2,1-7H3. The SMILES string of the molecule is CCN(CC)CCOc1cc(OC(=O)N(C)C)ccc1C(C)(C)C. The molecule has 0 bridgehead atoms. The molecule has 0 spiro atoms. The first-order valence-corrected chi connectivity index (χ1v) is 8.57. The molecule has 0 aliphatic rings. The van der Waals surface area contributed by atoms with E-state index < -0.39 is 6.09 Å². The van der Waals surface area contributed by atoms with Gasteiger partial charge < -0.3 is 19.3 Å². The number of ether oxygens (including phenoxy) is 2. The van der Waals surface area contributed by atoms with E-state index in [-0.39, 0.29) is 5.41 Å². The van der Waals surface area contributed by atoms with Crippen LogP contribution in [-0.2, 0) is 5.41 Å². The van der Waals surface area contributed by atoms with E-state index in [4.69, 9.17) is 9.47 Å². The molecule has 1 aromatic rings. The molecule has 0 atom stereocenters. The largest absolute Gasteiger partial charge is 0.492 e. The number of hydrogen-bond donors (Lipinski definition) is 0. The first-order valence-electron chi connectivity index (χ1n) is 8.57. The van der Waals surface area contributed by atoms with Gasteiger partial charge in [-0.15, -0.1) is 0 Å². The molecule has 5 heteroatoms. The van der Waals surface area contributed by atoms with E-state index in [1.54, 1.807) is 14.1 Å². The molecule has 0 heterocycles. The topological polar surface area (TPSA) is 42.0 Å². The van der Waals surface area contributed by atoms with Crippen LogP contribution in [0.3, 0.4) is 0 Å². The molecular formula is C19H32N2O3. The maximum Gasteiger partial charge on any atom is 0.414 e. The van der Waals surface area contributed by atoms with Gasteiger partial charge in [-0.1, -0.05) is 40.7 Å². The summed E-state index contributed by atoms with van der Waals surface area (Å²) in [6, 6.07) is 5.61. The van der Waals surface area contributed by atoms with E-state index in [0.717, 1.165) is 30.9 Å². The van der Waals surface area contributed by atoms with Crippen molar-refractivity contribution in [3.63, 3.8) is 0 Å². The maximum atomic E-state index is 11.7. The fourth-order valence-electron chi connectivity index (χ4n) is 2.32. The number of carbonyl (C=O) groups excluding carboxylic acids is 1. The Morgan fingerprint density at radius 2 is 1.75 bits per heavy atom. The second-order valence-corrected chi connectivity index (χ2v) is 7.05. The van der Waals surface area contributed by atoms with E-state index in [2.05, 4.69) is 39.5 Å². The van der Waals surface area contributed by atoms with Gasteiger partial charge in [0.25, 0.3) is 0 Å². The number of nitrogens with zero attached hydrogens (tertiary/aromatic N) is 2. The van der Waals surface area contributed by atoms with E-state index in [9.17, 15) is 4.79 Å². The summed E-state index contributed by atoms with van der Waals surface area (Å²) in [5.41, 5.74) is 1.06. The summed E-state index contributed by atoms with van der Waals surface area (Å²) in [5.74, 6) is 1.28.